The highest BCUT2D eigenvalue weighted by Gasteiger charge is 2.32. The number of ether oxygens (including phenoxy) is 1. The molecule has 2 rings (SSSR count). The van der Waals surface area contributed by atoms with Crippen molar-refractivity contribution in [3.63, 3.8) is 0 Å². The largest absolute Gasteiger partial charge is 0.417 e. The number of fused-ring (bicyclic) bond motifs is 1. The zero-order valence-corrected chi connectivity index (χ0v) is 14.2. The molecule has 0 saturated carbocycles. The third-order valence-electron chi connectivity index (χ3n) is 3.23. The van der Waals surface area contributed by atoms with Gasteiger partial charge in [-0.2, -0.15) is 13.2 Å². The second-order valence-corrected chi connectivity index (χ2v) is 5.89. The van der Waals surface area contributed by atoms with Crippen LogP contribution < -0.4 is 0 Å². The molecule has 128 valence electrons. The van der Waals surface area contributed by atoms with Crippen LogP contribution >= 0.6 is 23.8 Å². The van der Waals surface area contributed by atoms with Crippen LogP contribution in [0, 0.1) is 4.77 Å². The molecule has 2 heterocycles. The Hall–Kier alpha value is -1.16. The smallest absolute Gasteiger partial charge is 0.385 e. The molecule has 0 aromatic carbocycles. The van der Waals surface area contributed by atoms with E-state index in [2.05, 4.69) is 5.10 Å². The fourth-order valence-corrected chi connectivity index (χ4v) is 2.59. The zero-order valence-electron chi connectivity index (χ0n) is 12.6. The zero-order chi connectivity index (χ0) is 17.2. The monoisotopic (exact) mass is 368 g/mol. The summed E-state index contributed by atoms with van der Waals surface area (Å²) in [5, 5.41) is 4.12. The topological polar surface area (TPSA) is 34.7 Å². The molecule has 0 aliphatic carbocycles. The molecule has 0 aliphatic rings. The Bertz CT molecular complexity index is 743. The van der Waals surface area contributed by atoms with Gasteiger partial charge in [0.25, 0.3) is 0 Å². The third kappa shape index (κ3) is 4.23. The van der Waals surface area contributed by atoms with Crippen molar-refractivity contribution in [1.29, 1.82) is 0 Å². The van der Waals surface area contributed by atoms with Gasteiger partial charge in [-0.05, 0) is 31.8 Å². The summed E-state index contributed by atoms with van der Waals surface area (Å²) in [5.74, 6) is 0. The summed E-state index contributed by atoms with van der Waals surface area (Å²) in [4.78, 5) is 1.94. The van der Waals surface area contributed by atoms with Crippen LogP contribution in [0.25, 0.3) is 5.65 Å². The van der Waals surface area contributed by atoms with E-state index >= 15 is 0 Å². The molecule has 10 heteroatoms. The first-order valence-electron chi connectivity index (χ1n) is 6.77. The summed E-state index contributed by atoms with van der Waals surface area (Å²) in [7, 11) is 3.49. The average Bonchev–Trinajstić information content (AvgIpc) is 2.76. The molecule has 0 bridgehead atoms. The molecule has 0 radical (unpaired) electrons. The first kappa shape index (κ1) is 18.2. The highest BCUT2D eigenvalue weighted by atomic mass is 35.5. The maximum Gasteiger partial charge on any atom is 0.417 e. The predicted molar refractivity (Wildman–Crippen MR) is 83.2 cm³/mol. The lowest BCUT2D eigenvalue weighted by Crippen LogP contribution is -2.24. The van der Waals surface area contributed by atoms with Crippen molar-refractivity contribution in [1.82, 2.24) is 19.1 Å². The number of rotatable bonds is 6. The molecule has 0 saturated heterocycles. The van der Waals surface area contributed by atoms with Gasteiger partial charge in [0.05, 0.1) is 17.3 Å². The summed E-state index contributed by atoms with van der Waals surface area (Å²) < 4.78 is 46.4. The van der Waals surface area contributed by atoms with E-state index < -0.39 is 11.7 Å². The standard InChI is InChI=1S/C13H16ClF3N4OS/c1-19(4-3-5-22-2)8-21-12(23)20-7-9(13(15,16)17)6-10(14)11(20)18-21/h6-7H,3-5,8H2,1-2H3. The van der Waals surface area contributed by atoms with Crippen molar-refractivity contribution in [3.05, 3.63) is 27.6 Å². The van der Waals surface area contributed by atoms with E-state index in [0.717, 1.165) is 25.2 Å². The molecule has 0 spiro atoms. The minimum atomic E-state index is -4.49. The Balaban J connectivity index is 2.31. The van der Waals surface area contributed by atoms with Crippen LogP contribution in [0.4, 0.5) is 13.2 Å². The van der Waals surface area contributed by atoms with Gasteiger partial charge in [-0.15, -0.1) is 5.10 Å². The van der Waals surface area contributed by atoms with E-state index in [9.17, 15) is 13.2 Å². The molecule has 2 aromatic rings. The predicted octanol–water partition coefficient (Wildman–Crippen LogP) is 3.46. The second kappa shape index (κ2) is 7.16. The quantitative estimate of drug-likeness (QED) is 0.577. The third-order valence-corrected chi connectivity index (χ3v) is 3.91. The molecule has 0 atom stereocenters. The Morgan fingerprint density at radius 1 is 1.43 bits per heavy atom. The highest BCUT2D eigenvalue weighted by molar-refractivity contribution is 7.71. The number of pyridine rings is 1. The molecule has 5 nitrogen and oxygen atoms in total. The molecular weight excluding hydrogens is 353 g/mol. The van der Waals surface area contributed by atoms with Gasteiger partial charge in [0.15, 0.2) is 5.65 Å². The molecule has 0 unspecified atom stereocenters. The van der Waals surface area contributed by atoms with E-state index in [0.29, 0.717) is 13.3 Å². The average molecular weight is 369 g/mol. The maximum atomic E-state index is 12.9. The van der Waals surface area contributed by atoms with Crippen molar-refractivity contribution in [2.45, 2.75) is 19.3 Å². The van der Waals surface area contributed by atoms with Gasteiger partial charge >= 0.3 is 6.18 Å². The maximum absolute atomic E-state index is 12.9. The van der Waals surface area contributed by atoms with Gasteiger partial charge < -0.3 is 4.74 Å². The van der Waals surface area contributed by atoms with Crippen molar-refractivity contribution in [2.75, 3.05) is 27.3 Å². The minimum absolute atomic E-state index is 0.0910. The number of aromatic nitrogens is 3. The fraction of sp³-hybridized carbons (Fsp3) is 0.538. The van der Waals surface area contributed by atoms with Crippen molar-refractivity contribution >= 4 is 29.5 Å². The van der Waals surface area contributed by atoms with E-state index in [1.165, 1.54) is 9.08 Å². The van der Waals surface area contributed by atoms with E-state index in [1.54, 1.807) is 7.11 Å². The van der Waals surface area contributed by atoms with Crippen LogP contribution in [0.2, 0.25) is 5.02 Å². The number of hydrogen-bond acceptors (Lipinski definition) is 4. The lowest BCUT2D eigenvalue weighted by molar-refractivity contribution is -0.137. The van der Waals surface area contributed by atoms with Gasteiger partial charge in [-0.3, -0.25) is 9.30 Å². The number of nitrogens with zero attached hydrogens (tertiary/aromatic N) is 4. The van der Waals surface area contributed by atoms with Crippen LogP contribution in [-0.2, 0) is 17.6 Å². The van der Waals surface area contributed by atoms with Crippen molar-refractivity contribution in [2.24, 2.45) is 0 Å². The van der Waals surface area contributed by atoms with Gasteiger partial charge in [0, 0.05) is 26.5 Å². The summed E-state index contributed by atoms with van der Waals surface area (Å²) in [6.45, 7) is 1.72. The van der Waals surface area contributed by atoms with Gasteiger partial charge in [0.2, 0.25) is 4.77 Å². The van der Waals surface area contributed by atoms with Crippen LogP contribution in [0.15, 0.2) is 12.3 Å². The van der Waals surface area contributed by atoms with Gasteiger partial charge in [-0.1, -0.05) is 11.6 Å². The molecular formula is C13H16ClF3N4OS. The number of alkyl halides is 3. The molecule has 0 N–H and O–H groups in total. The number of methoxy groups -OCH3 is 1. The first-order valence-corrected chi connectivity index (χ1v) is 7.56. The SMILES string of the molecule is COCCCN(C)Cn1nc2c(Cl)cc(C(F)(F)F)cn2c1=S. The minimum Gasteiger partial charge on any atom is -0.385 e. The Morgan fingerprint density at radius 3 is 2.74 bits per heavy atom. The highest BCUT2D eigenvalue weighted by Crippen LogP contribution is 2.32. The van der Waals surface area contributed by atoms with Crippen molar-refractivity contribution in [3.8, 4) is 0 Å². The summed E-state index contributed by atoms with van der Waals surface area (Å²) >= 11 is 11.1. The normalized spacial score (nSPS) is 12.5. The summed E-state index contributed by atoms with van der Waals surface area (Å²) in [6.07, 6.45) is -2.75. The molecule has 23 heavy (non-hydrogen) atoms. The van der Waals surface area contributed by atoms with Gasteiger partial charge in [0.1, 0.15) is 0 Å². The summed E-state index contributed by atoms with van der Waals surface area (Å²) in [6, 6.07) is 0.852. The van der Waals surface area contributed by atoms with E-state index in [1.807, 2.05) is 11.9 Å². The molecule has 0 aliphatic heterocycles. The second-order valence-electron chi connectivity index (χ2n) is 5.12. The van der Waals surface area contributed by atoms with Crippen LogP contribution in [-0.4, -0.2) is 46.4 Å². The van der Waals surface area contributed by atoms with Crippen LogP contribution in [0.1, 0.15) is 12.0 Å². The Labute approximate surface area is 141 Å². The van der Waals surface area contributed by atoms with Gasteiger partial charge in [-0.25, -0.2) is 4.68 Å². The van der Waals surface area contributed by atoms with Crippen LogP contribution in [0.5, 0.6) is 0 Å². The first-order chi connectivity index (χ1) is 10.7. The Kier molecular flexibility index (Phi) is 5.66. The Morgan fingerprint density at radius 2 is 2.13 bits per heavy atom. The number of halogens is 4. The molecule has 0 amide bonds. The number of hydrogen-bond donors (Lipinski definition) is 0. The van der Waals surface area contributed by atoms with Crippen LogP contribution in [0.3, 0.4) is 0 Å². The van der Waals surface area contributed by atoms with E-state index in [-0.39, 0.29) is 15.4 Å². The van der Waals surface area contributed by atoms with E-state index in [4.69, 9.17) is 28.6 Å². The molecule has 2 aromatic heterocycles. The van der Waals surface area contributed by atoms with Crippen molar-refractivity contribution < 1.29 is 17.9 Å². The lowest BCUT2D eigenvalue weighted by atomic mass is 10.3. The fourth-order valence-electron chi connectivity index (χ4n) is 2.10. The summed E-state index contributed by atoms with van der Waals surface area (Å²) in [5.41, 5.74) is -0.658. The molecule has 0 fully saturated rings. The lowest BCUT2D eigenvalue weighted by Gasteiger charge is -2.15.